The number of carbonyl (C=O) groups excluding carboxylic acids is 8. The molecular weight excluding hydrogens is 823 g/mol. The van der Waals surface area contributed by atoms with Gasteiger partial charge in [-0.05, 0) is 102 Å². The predicted octanol–water partition coefficient (Wildman–Crippen LogP) is 2.96. The Morgan fingerprint density at radius 3 is 1.65 bits per heavy atom. The zero-order valence-corrected chi connectivity index (χ0v) is 37.0. The van der Waals surface area contributed by atoms with Gasteiger partial charge in [0.2, 0.25) is 5.91 Å². The summed E-state index contributed by atoms with van der Waals surface area (Å²) in [5.41, 5.74) is 0.199. The summed E-state index contributed by atoms with van der Waals surface area (Å²) in [7, 11) is 0. The van der Waals surface area contributed by atoms with Crippen LogP contribution in [0.15, 0.2) is 36.4 Å². The number of hydrogen-bond donors (Lipinski definition) is 4. The minimum atomic E-state index is -0.812. The topological polar surface area (TPSA) is 243 Å². The van der Waals surface area contributed by atoms with Crippen LogP contribution in [-0.4, -0.2) is 123 Å². The van der Waals surface area contributed by atoms with E-state index in [-0.39, 0.29) is 99.6 Å². The van der Waals surface area contributed by atoms with Crippen LogP contribution in [0.4, 0.5) is 0 Å². The van der Waals surface area contributed by atoms with E-state index in [0.717, 1.165) is 0 Å². The molecule has 19 heteroatoms. The van der Waals surface area contributed by atoms with Gasteiger partial charge in [-0.1, -0.05) is 0 Å². The first-order valence-electron chi connectivity index (χ1n) is 21.0. The van der Waals surface area contributed by atoms with Crippen molar-refractivity contribution in [3.8, 4) is 28.4 Å². The van der Waals surface area contributed by atoms with Crippen molar-refractivity contribution in [1.82, 2.24) is 26.3 Å². The molecule has 0 aromatic heterocycles. The molecule has 1 fully saturated rings. The molecule has 0 aliphatic carbocycles. The molecule has 4 N–H and O–H groups in total. The van der Waals surface area contributed by atoms with Crippen molar-refractivity contribution in [1.29, 1.82) is 0 Å². The van der Waals surface area contributed by atoms with E-state index < -0.39 is 40.8 Å². The maximum atomic E-state index is 13.4. The minimum Gasteiger partial charge on any atom is -0.486 e. The van der Waals surface area contributed by atoms with E-state index in [1.807, 2.05) is 41.5 Å². The fraction of sp³-hybridized carbons (Fsp3) is 0.545. The quantitative estimate of drug-likeness (QED) is 0.0522. The van der Waals surface area contributed by atoms with Gasteiger partial charge in [-0.3, -0.25) is 33.6 Å². The van der Waals surface area contributed by atoms with Gasteiger partial charge in [-0.2, -0.15) is 0 Å². The molecule has 0 bridgehead atoms. The largest absolute Gasteiger partial charge is 0.486 e. The minimum absolute atomic E-state index is 0.0260. The zero-order chi connectivity index (χ0) is 46.4. The van der Waals surface area contributed by atoms with Crippen molar-refractivity contribution in [2.75, 3.05) is 59.2 Å². The van der Waals surface area contributed by atoms with Crippen molar-refractivity contribution in [2.24, 2.45) is 0 Å². The van der Waals surface area contributed by atoms with Crippen LogP contribution in [0, 0.1) is 0 Å². The third-order valence-electron chi connectivity index (χ3n) is 9.32. The molecule has 2 aromatic rings. The molecule has 0 radical (unpaired) electrons. The molecule has 1 aliphatic rings. The van der Waals surface area contributed by atoms with E-state index >= 15 is 0 Å². The number of amides is 6. The predicted molar refractivity (Wildman–Crippen MR) is 227 cm³/mol. The van der Waals surface area contributed by atoms with E-state index in [2.05, 4.69) is 21.3 Å². The van der Waals surface area contributed by atoms with Crippen LogP contribution in [0.2, 0.25) is 0 Å². The molecule has 63 heavy (non-hydrogen) atoms. The van der Waals surface area contributed by atoms with Gasteiger partial charge in [0.1, 0.15) is 23.9 Å². The van der Waals surface area contributed by atoms with E-state index in [1.165, 1.54) is 12.1 Å². The molecule has 19 nitrogen and oxygen atoms in total. The molecular formula is C44H61N5O14. The smallest absolute Gasteiger partial charge is 0.333 e. The van der Waals surface area contributed by atoms with Gasteiger partial charge in [0.25, 0.3) is 29.5 Å². The van der Waals surface area contributed by atoms with Crippen LogP contribution in [0.3, 0.4) is 0 Å². The average Bonchev–Trinajstić information content (AvgIpc) is 3.54. The maximum Gasteiger partial charge on any atom is 0.333 e. The normalized spacial score (nSPS) is 12.6. The van der Waals surface area contributed by atoms with Crippen molar-refractivity contribution < 1.29 is 66.9 Å². The summed E-state index contributed by atoms with van der Waals surface area (Å²) >= 11 is 0. The van der Waals surface area contributed by atoms with Gasteiger partial charge in [0, 0.05) is 76.7 Å². The molecule has 1 aliphatic heterocycles. The summed E-state index contributed by atoms with van der Waals surface area (Å²) in [5, 5.41) is 11.4. The highest BCUT2D eigenvalue weighted by molar-refractivity contribution is 6.01. The Hall–Kier alpha value is -6.08. The molecule has 0 spiro atoms. The van der Waals surface area contributed by atoms with Crippen LogP contribution < -0.4 is 35.5 Å². The zero-order valence-electron chi connectivity index (χ0n) is 37.0. The summed E-state index contributed by atoms with van der Waals surface area (Å²) < 4.78 is 28.7. The summed E-state index contributed by atoms with van der Waals surface area (Å²) in [6.07, 6.45) is 1.52. The monoisotopic (exact) mass is 883 g/mol. The lowest BCUT2D eigenvalue weighted by molar-refractivity contribution is -0.197. The van der Waals surface area contributed by atoms with E-state index in [4.69, 9.17) is 28.5 Å². The lowest BCUT2D eigenvalue weighted by Gasteiger charge is -2.24. The highest BCUT2D eigenvalue weighted by atomic mass is 16.7. The Bertz CT molecular complexity index is 1840. The molecule has 6 amide bonds. The Balaban J connectivity index is 1.70. The number of ether oxygens (including phenoxy) is 5. The number of nitrogens with zero attached hydrogens (tertiary/aromatic N) is 1. The number of rotatable bonds is 29. The Morgan fingerprint density at radius 2 is 1.13 bits per heavy atom. The fourth-order valence-corrected chi connectivity index (χ4v) is 6.11. The molecule has 1 heterocycles. The van der Waals surface area contributed by atoms with Gasteiger partial charge >= 0.3 is 5.97 Å². The number of nitrogens with one attached hydrogen (secondary N) is 4. The number of aldehydes is 1. The first kappa shape index (κ1) is 51.3. The van der Waals surface area contributed by atoms with E-state index in [0.29, 0.717) is 61.6 Å². The summed E-state index contributed by atoms with van der Waals surface area (Å²) in [4.78, 5) is 103. The average molecular weight is 884 g/mol. The SMILES string of the molecule is CCOC(C)(C)CCNC(=O)COc1cc(OCC(=O)NCCC(C)(C)OCC)cc(-c2cc(OCC=O)cc(C(=O)NCCNC(=O)CCCC(=O)ON3C(=O)CCC3=O)c2)c1. The number of benzene rings is 2. The maximum absolute atomic E-state index is 13.4. The summed E-state index contributed by atoms with van der Waals surface area (Å²) in [6.45, 7) is 12.4. The van der Waals surface area contributed by atoms with Crippen LogP contribution in [0.25, 0.3) is 11.1 Å². The van der Waals surface area contributed by atoms with E-state index in [9.17, 15) is 38.4 Å². The Morgan fingerprint density at radius 1 is 0.635 bits per heavy atom. The van der Waals surface area contributed by atoms with Gasteiger partial charge in [-0.25, -0.2) is 4.79 Å². The lowest BCUT2D eigenvalue weighted by atomic mass is 10.0. The van der Waals surface area contributed by atoms with Crippen molar-refractivity contribution in [2.45, 2.75) is 97.7 Å². The molecule has 2 aromatic carbocycles. The molecule has 346 valence electrons. The van der Waals surface area contributed by atoms with Gasteiger partial charge in [0.05, 0.1) is 11.2 Å². The van der Waals surface area contributed by atoms with Crippen molar-refractivity contribution in [3.63, 3.8) is 0 Å². The van der Waals surface area contributed by atoms with Gasteiger partial charge < -0.3 is 49.8 Å². The lowest BCUT2D eigenvalue weighted by Crippen LogP contribution is -2.35. The Labute approximate surface area is 367 Å². The second kappa shape index (κ2) is 25.8. The number of imide groups is 1. The standard InChI is InChI=1S/C44H61N5O14/c1-7-61-43(3,4)14-16-45-37(52)28-59-34-24-31(25-35(27-34)60-29-38(53)46-17-15-44(5,6)62-8-2)30-22-32(26-33(23-30)58-21-20-50)42(57)48-19-18-47-36(51)10-9-11-41(56)63-49-39(54)12-13-40(49)55/h20,22-27H,7-19,21,28-29H2,1-6H3,(H,45,52)(H,46,53)(H,47,51)(H,48,57). The highest BCUT2D eigenvalue weighted by Crippen LogP contribution is 2.33. The molecule has 1 saturated heterocycles. The summed E-state index contributed by atoms with van der Waals surface area (Å²) in [5.74, 6) is -3.05. The first-order valence-corrected chi connectivity index (χ1v) is 21.0. The van der Waals surface area contributed by atoms with Crippen LogP contribution in [-0.2, 0) is 47.9 Å². The second-order valence-electron chi connectivity index (χ2n) is 15.6. The van der Waals surface area contributed by atoms with Gasteiger partial charge in [0.15, 0.2) is 19.5 Å². The molecule has 0 atom stereocenters. The van der Waals surface area contributed by atoms with Crippen LogP contribution in [0.5, 0.6) is 17.2 Å². The van der Waals surface area contributed by atoms with Gasteiger partial charge in [-0.15, -0.1) is 5.06 Å². The molecule has 3 rings (SSSR count). The third-order valence-corrected chi connectivity index (χ3v) is 9.32. The van der Waals surface area contributed by atoms with E-state index in [1.54, 1.807) is 24.3 Å². The fourth-order valence-electron chi connectivity index (χ4n) is 6.11. The van der Waals surface area contributed by atoms with Crippen LogP contribution in [0.1, 0.15) is 96.8 Å². The summed E-state index contributed by atoms with van der Waals surface area (Å²) in [6, 6.07) is 9.37. The second-order valence-corrected chi connectivity index (χ2v) is 15.6. The third kappa shape index (κ3) is 19.2. The molecule has 0 unspecified atom stereocenters. The van der Waals surface area contributed by atoms with Crippen molar-refractivity contribution >= 4 is 47.7 Å². The molecule has 0 saturated carbocycles. The van der Waals surface area contributed by atoms with Crippen molar-refractivity contribution in [3.05, 3.63) is 42.0 Å². The van der Waals surface area contributed by atoms with Crippen LogP contribution >= 0.6 is 0 Å². The number of hydrogen-bond acceptors (Lipinski definition) is 14. The Kier molecular flexibility index (Phi) is 21.0. The number of carbonyl (C=O) groups is 8. The number of hydroxylamine groups is 2. The highest BCUT2D eigenvalue weighted by Gasteiger charge is 2.32. The first-order chi connectivity index (χ1) is 29.9.